The third-order valence-corrected chi connectivity index (χ3v) is 4.20. The van der Waals surface area contributed by atoms with Gasteiger partial charge in [0.1, 0.15) is 5.65 Å². The summed E-state index contributed by atoms with van der Waals surface area (Å²) in [6.45, 7) is 3.75. The molecule has 1 atom stereocenters. The number of aromatic nitrogens is 2. The largest absolute Gasteiger partial charge is 0.395 e. The lowest BCUT2D eigenvalue weighted by molar-refractivity contribution is 0.0831. The molecule has 21 heavy (non-hydrogen) atoms. The second kappa shape index (κ2) is 5.95. The molecule has 2 aromatic heterocycles. The molecule has 0 aromatic carbocycles. The van der Waals surface area contributed by atoms with Crippen LogP contribution in [0.15, 0.2) is 29.2 Å². The third kappa shape index (κ3) is 2.99. The van der Waals surface area contributed by atoms with Gasteiger partial charge in [-0.25, -0.2) is 4.98 Å². The third-order valence-electron chi connectivity index (χ3n) is 4.20. The van der Waals surface area contributed by atoms with Gasteiger partial charge in [0.05, 0.1) is 12.3 Å². The number of piperidine rings is 1. The first-order chi connectivity index (χ1) is 10.2. The van der Waals surface area contributed by atoms with Gasteiger partial charge in [0.25, 0.3) is 5.56 Å². The molecule has 1 aliphatic rings. The average molecular weight is 287 g/mol. The minimum atomic E-state index is -0.0486. The highest BCUT2D eigenvalue weighted by Gasteiger charge is 2.22. The molecule has 3 heterocycles. The van der Waals surface area contributed by atoms with Crippen LogP contribution in [0.5, 0.6) is 0 Å². The van der Waals surface area contributed by atoms with Gasteiger partial charge < -0.3 is 5.11 Å². The lowest BCUT2D eigenvalue weighted by Gasteiger charge is -2.34. The minimum Gasteiger partial charge on any atom is -0.395 e. The van der Waals surface area contributed by atoms with E-state index in [2.05, 4.69) is 9.88 Å². The molecule has 1 saturated heterocycles. The van der Waals surface area contributed by atoms with Crippen molar-refractivity contribution < 1.29 is 5.11 Å². The Morgan fingerprint density at radius 2 is 2.24 bits per heavy atom. The van der Waals surface area contributed by atoms with Crippen molar-refractivity contribution in [2.45, 2.75) is 38.8 Å². The molecule has 0 bridgehead atoms. The molecule has 0 aliphatic carbocycles. The van der Waals surface area contributed by atoms with Crippen LogP contribution in [0.4, 0.5) is 0 Å². The molecule has 1 unspecified atom stereocenters. The lowest BCUT2D eigenvalue weighted by Crippen LogP contribution is -2.41. The topological polar surface area (TPSA) is 57.8 Å². The van der Waals surface area contributed by atoms with Gasteiger partial charge in [-0.05, 0) is 44.0 Å². The number of aryl methyl sites for hydroxylation is 1. The van der Waals surface area contributed by atoms with Crippen molar-refractivity contribution in [2.75, 3.05) is 13.2 Å². The summed E-state index contributed by atoms with van der Waals surface area (Å²) in [7, 11) is 0. The van der Waals surface area contributed by atoms with Gasteiger partial charge in [0, 0.05) is 24.8 Å². The Morgan fingerprint density at radius 3 is 3.05 bits per heavy atom. The van der Waals surface area contributed by atoms with Crippen LogP contribution in [0, 0.1) is 6.92 Å². The van der Waals surface area contributed by atoms with Crippen molar-refractivity contribution in [3.05, 3.63) is 46.0 Å². The highest BCUT2D eigenvalue weighted by Crippen LogP contribution is 2.18. The number of likely N-dealkylation sites (tertiary alicyclic amines) is 1. The summed E-state index contributed by atoms with van der Waals surface area (Å²) in [6.07, 6.45) is 5.08. The molecule has 0 saturated carbocycles. The molecule has 0 spiro atoms. The van der Waals surface area contributed by atoms with Gasteiger partial charge in [-0.3, -0.25) is 14.1 Å². The van der Waals surface area contributed by atoms with E-state index in [1.54, 1.807) is 16.7 Å². The van der Waals surface area contributed by atoms with Gasteiger partial charge in [0.2, 0.25) is 0 Å². The molecular formula is C16H21N3O2. The van der Waals surface area contributed by atoms with E-state index in [0.717, 1.165) is 37.1 Å². The molecule has 5 heteroatoms. The molecule has 2 aromatic rings. The van der Waals surface area contributed by atoms with Crippen LogP contribution in [-0.4, -0.2) is 38.6 Å². The summed E-state index contributed by atoms with van der Waals surface area (Å²) < 4.78 is 1.57. The van der Waals surface area contributed by atoms with E-state index in [1.807, 2.05) is 19.1 Å². The molecule has 1 aliphatic heterocycles. The summed E-state index contributed by atoms with van der Waals surface area (Å²) in [5, 5.41) is 9.47. The van der Waals surface area contributed by atoms with Gasteiger partial charge in [-0.15, -0.1) is 0 Å². The molecule has 0 radical (unpaired) electrons. The zero-order chi connectivity index (χ0) is 14.8. The fraction of sp³-hybridized carbons (Fsp3) is 0.500. The smallest absolute Gasteiger partial charge is 0.258 e. The van der Waals surface area contributed by atoms with Crippen LogP contribution in [0.1, 0.15) is 30.5 Å². The quantitative estimate of drug-likeness (QED) is 0.926. The Kier molecular flexibility index (Phi) is 4.03. The van der Waals surface area contributed by atoms with Crippen molar-refractivity contribution in [2.24, 2.45) is 0 Å². The maximum atomic E-state index is 12.2. The number of hydrogen-bond acceptors (Lipinski definition) is 4. The standard InChI is InChI=1S/C16H21N3O2/c1-12-5-7-19-15(8-12)17-13(9-16(19)21)10-18-6-3-2-4-14(18)11-20/h5,7-9,14,20H,2-4,6,10-11H2,1H3. The Morgan fingerprint density at radius 1 is 1.38 bits per heavy atom. The fourth-order valence-electron chi connectivity index (χ4n) is 3.02. The second-order valence-electron chi connectivity index (χ2n) is 5.82. The molecule has 5 nitrogen and oxygen atoms in total. The first-order valence-electron chi connectivity index (χ1n) is 7.51. The van der Waals surface area contributed by atoms with Crippen LogP contribution in [0.2, 0.25) is 0 Å². The van der Waals surface area contributed by atoms with Crippen molar-refractivity contribution in [3.8, 4) is 0 Å². The fourth-order valence-corrected chi connectivity index (χ4v) is 3.02. The lowest BCUT2D eigenvalue weighted by atomic mass is 10.0. The van der Waals surface area contributed by atoms with E-state index in [4.69, 9.17) is 0 Å². The van der Waals surface area contributed by atoms with E-state index in [1.165, 1.54) is 0 Å². The van der Waals surface area contributed by atoms with Gasteiger partial charge in [-0.1, -0.05) is 6.42 Å². The van der Waals surface area contributed by atoms with Crippen LogP contribution in [-0.2, 0) is 6.54 Å². The summed E-state index contributed by atoms with van der Waals surface area (Å²) in [5.74, 6) is 0. The Hall–Kier alpha value is -1.72. The monoisotopic (exact) mass is 287 g/mol. The average Bonchev–Trinajstić information content (AvgIpc) is 2.47. The van der Waals surface area contributed by atoms with E-state index < -0.39 is 0 Å². The zero-order valence-electron chi connectivity index (χ0n) is 12.3. The predicted molar refractivity (Wildman–Crippen MR) is 81.3 cm³/mol. The van der Waals surface area contributed by atoms with E-state index in [0.29, 0.717) is 12.2 Å². The Bertz CT molecular complexity index is 695. The first-order valence-corrected chi connectivity index (χ1v) is 7.51. The maximum Gasteiger partial charge on any atom is 0.258 e. The van der Waals surface area contributed by atoms with Crippen molar-refractivity contribution in [1.82, 2.24) is 14.3 Å². The van der Waals surface area contributed by atoms with E-state index in [9.17, 15) is 9.90 Å². The molecule has 0 amide bonds. The van der Waals surface area contributed by atoms with Crippen molar-refractivity contribution >= 4 is 5.65 Å². The first kappa shape index (κ1) is 14.2. The predicted octanol–water partition coefficient (Wildman–Crippen LogP) is 1.35. The number of aliphatic hydroxyl groups excluding tert-OH is 1. The molecule has 112 valence electrons. The zero-order valence-corrected chi connectivity index (χ0v) is 12.3. The molecular weight excluding hydrogens is 266 g/mol. The summed E-state index contributed by atoms with van der Waals surface area (Å²) in [4.78, 5) is 19.0. The van der Waals surface area contributed by atoms with Gasteiger partial charge in [-0.2, -0.15) is 0 Å². The molecule has 1 N–H and O–H groups in total. The van der Waals surface area contributed by atoms with Crippen LogP contribution < -0.4 is 5.56 Å². The van der Waals surface area contributed by atoms with Crippen LogP contribution >= 0.6 is 0 Å². The van der Waals surface area contributed by atoms with Crippen molar-refractivity contribution in [1.29, 1.82) is 0 Å². The summed E-state index contributed by atoms with van der Waals surface area (Å²) >= 11 is 0. The Labute approximate surface area is 123 Å². The van der Waals surface area contributed by atoms with Crippen LogP contribution in [0.25, 0.3) is 5.65 Å². The highest BCUT2D eigenvalue weighted by molar-refractivity contribution is 5.41. The highest BCUT2D eigenvalue weighted by atomic mass is 16.3. The van der Waals surface area contributed by atoms with E-state index in [-0.39, 0.29) is 18.2 Å². The van der Waals surface area contributed by atoms with E-state index >= 15 is 0 Å². The number of aliphatic hydroxyl groups is 1. The SMILES string of the molecule is Cc1ccn2c(=O)cc(CN3CCCCC3CO)nc2c1. The second-order valence-corrected chi connectivity index (χ2v) is 5.82. The number of fused-ring (bicyclic) bond motifs is 1. The van der Waals surface area contributed by atoms with Crippen molar-refractivity contribution in [3.63, 3.8) is 0 Å². The van der Waals surface area contributed by atoms with Crippen LogP contribution in [0.3, 0.4) is 0 Å². The number of hydrogen-bond donors (Lipinski definition) is 1. The Balaban J connectivity index is 1.91. The maximum absolute atomic E-state index is 12.2. The minimum absolute atomic E-state index is 0.0486. The molecule has 1 fully saturated rings. The number of nitrogens with zero attached hydrogens (tertiary/aromatic N) is 3. The molecule has 3 rings (SSSR count). The summed E-state index contributed by atoms with van der Waals surface area (Å²) in [5.41, 5.74) is 2.51. The normalized spacial score (nSPS) is 20.0. The number of rotatable bonds is 3. The summed E-state index contributed by atoms with van der Waals surface area (Å²) in [6, 6.07) is 5.62. The van der Waals surface area contributed by atoms with Gasteiger partial charge >= 0.3 is 0 Å². The van der Waals surface area contributed by atoms with Gasteiger partial charge in [0.15, 0.2) is 0 Å². The number of pyridine rings is 1.